The number of pyridine rings is 1. The van der Waals surface area contributed by atoms with Gasteiger partial charge in [-0.3, -0.25) is 19.7 Å². The third-order valence-corrected chi connectivity index (χ3v) is 4.15. The molecule has 1 unspecified atom stereocenters. The number of esters is 1. The van der Waals surface area contributed by atoms with Crippen LogP contribution in [0.15, 0.2) is 24.3 Å². The van der Waals surface area contributed by atoms with E-state index in [1.165, 1.54) is 6.07 Å². The molecule has 144 valence electrons. The lowest BCUT2D eigenvalue weighted by molar-refractivity contribution is -0.383. The fourth-order valence-corrected chi connectivity index (χ4v) is 2.83. The Hall–Kier alpha value is -3.03. The lowest BCUT2D eigenvalue weighted by atomic mass is 9.91. The number of ether oxygens (including phenoxy) is 1. The van der Waals surface area contributed by atoms with E-state index in [1.54, 1.807) is 25.1 Å². The van der Waals surface area contributed by atoms with Crippen LogP contribution in [-0.4, -0.2) is 28.4 Å². The molecule has 0 aliphatic rings. The van der Waals surface area contributed by atoms with Gasteiger partial charge in [-0.15, -0.1) is 0 Å². The molecule has 8 heteroatoms. The van der Waals surface area contributed by atoms with Crippen molar-refractivity contribution in [3.63, 3.8) is 0 Å². The van der Waals surface area contributed by atoms with Crippen molar-refractivity contribution in [3.05, 3.63) is 45.6 Å². The third kappa shape index (κ3) is 4.99. The lowest BCUT2D eigenvalue weighted by Gasteiger charge is -2.19. The minimum atomic E-state index is -0.715. The van der Waals surface area contributed by atoms with Gasteiger partial charge in [0.05, 0.1) is 17.4 Å². The van der Waals surface area contributed by atoms with Crippen LogP contribution >= 0.6 is 0 Å². The Morgan fingerprint density at radius 2 is 2.04 bits per heavy atom. The lowest BCUT2D eigenvalue weighted by Crippen LogP contribution is -2.22. The molecule has 1 aromatic heterocycles. The Kier molecular flexibility index (Phi) is 6.44. The maximum atomic E-state index is 12.6. The van der Waals surface area contributed by atoms with Crippen LogP contribution in [0.2, 0.25) is 0 Å². The molecular weight excluding hydrogens is 350 g/mol. The summed E-state index contributed by atoms with van der Waals surface area (Å²) in [5, 5.41) is 11.8. The van der Waals surface area contributed by atoms with E-state index in [0.29, 0.717) is 16.6 Å². The molecule has 0 spiro atoms. The number of nitrogens with zero attached hydrogens (tertiary/aromatic N) is 2. The molecular formula is C19H23N3O5. The zero-order valence-electron chi connectivity index (χ0n) is 15.6. The number of carbonyl (C=O) groups excluding carboxylic acids is 2. The van der Waals surface area contributed by atoms with E-state index in [0.717, 1.165) is 0 Å². The molecule has 0 saturated carbocycles. The molecule has 1 aromatic carbocycles. The van der Waals surface area contributed by atoms with Crippen LogP contribution in [0.25, 0.3) is 10.9 Å². The fourth-order valence-electron chi connectivity index (χ4n) is 2.83. The van der Waals surface area contributed by atoms with Gasteiger partial charge in [0.2, 0.25) is 5.91 Å². The summed E-state index contributed by atoms with van der Waals surface area (Å²) in [6, 6.07) is 6.35. The highest BCUT2D eigenvalue weighted by molar-refractivity contribution is 5.89. The number of para-hydroxylation sites is 1. The predicted molar refractivity (Wildman–Crippen MR) is 100 cm³/mol. The molecule has 8 nitrogen and oxygen atoms in total. The van der Waals surface area contributed by atoms with Gasteiger partial charge < -0.3 is 10.5 Å². The number of fused-ring (bicyclic) bond motifs is 1. The second-order valence-corrected chi connectivity index (χ2v) is 6.85. The number of rotatable bonds is 8. The summed E-state index contributed by atoms with van der Waals surface area (Å²) in [5.74, 6) is -1.52. The minimum absolute atomic E-state index is 0.0217. The molecule has 1 amide bonds. The first-order valence-corrected chi connectivity index (χ1v) is 8.70. The summed E-state index contributed by atoms with van der Waals surface area (Å²) < 4.78 is 5.35. The quantitative estimate of drug-likeness (QED) is 0.431. The average molecular weight is 373 g/mol. The maximum Gasteiger partial charge on any atom is 0.313 e. The van der Waals surface area contributed by atoms with Gasteiger partial charge in [0, 0.05) is 23.6 Å². The van der Waals surface area contributed by atoms with Crippen LogP contribution < -0.4 is 5.73 Å². The van der Waals surface area contributed by atoms with E-state index in [1.807, 2.05) is 13.8 Å². The van der Waals surface area contributed by atoms with Crippen molar-refractivity contribution in [2.75, 3.05) is 6.61 Å². The summed E-state index contributed by atoms with van der Waals surface area (Å²) >= 11 is 0. The number of non-ortho nitro benzene ring substituents is 1. The Bertz CT molecular complexity index is 879. The van der Waals surface area contributed by atoms with Crippen LogP contribution in [0.5, 0.6) is 0 Å². The van der Waals surface area contributed by atoms with Gasteiger partial charge in [0.15, 0.2) is 0 Å². The topological polar surface area (TPSA) is 125 Å². The second kappa shape index (κ2) is 8.57. The molecule has 0 bridgehead atoms. The number of nitro benzene ring substituents is 1. The number of aromatic nitrogens is 1. The highest BCUT2D eigenvalue weighted by Crippen LogP contribution is 2.31. The van der Waals surface area contributed by atoms with Gasteiger partial charge in [-0.25, -0.2) is 4.98 Å². The van der Waals surface area contributed by atoms with Crippen LogP contribution in [0.1, 0.15) is 43.9 Å². The molecule has 0 aliphatic heterocycles. The van der Waals surface area contributed by atoms with Gasteiger partial charge >= 0.3 is 5.97 Å². The monoisotopic (exact) mass is 373 g/mol. The summed E-state index contributed by atoms with van der Waals surface area (Å²) in [6.07, 6.45) is 0.211. The summed E-state index contributed by atoms with van der Waals surface area (Å²) in [4.78, 5) is 38.9. The first-order chi connectivity index (χ1) is 12.7. The summed E-state index contributed by atoms with van der Waals surface area (Å²) in [7, 11) is 0. The smallest absolute Gasteiger partial charge is 0.313 e. The molecule has 1 heterocycles. The van der Waals surface area contributed by atoms with Crippen molar-refractivity contribution < 1.29 is 19.2 Å². The van der Waals surface area contributed by atoms with Crippen molar-refractivity contribution in [1.29, 1.82) is 0 Å². The summed E-state index contributed by atoms with van der Waals surface area (Å²) in [6.45, 7) is 5.79. The Morgan fingerprint density at radius 1 is 1.33 bits per heavy atom. The minimum Gasteiger partial charge on any atom is -0.465 e. The molecule has 2 rings (SSSR count). The van der Waals surface area contributed by atoms with Crippen LogP contribution in [-0.2, 0) is 14.3 Å². The molecule has 0 aliphatic carbocycles. The average Bonchev–Trinajstić information content (AvgIpc) is 2.59. The van der Waals surface area contributed by atoms with Crippen molar-refractivity contribution in [2.45, 2.75) is 39.5 Å². The van der Waals surface area contributed by atoms with Gasteiger partial charge in [0.25, 0.3) is 5.69 Å². The normalized spacial score (nSPS) is 12.1. The van der Waals surface area contributed by atoms with E-state index in [9.17, 15) is 19.7 Å². The standard InChI is InChI=1S/C19H23N3O5/c1-11(2)10-27-19(24)14(7-8-17(20)23)15-9-13-5-4-6-16(22(25)26)18(13)21-12(15)3/h4-6,9,11,14H,7-8,10H2,1-3H3,(H2,20,23). The molecule has 0 saturated heterocycles. The van der Waals surface area contributed by atoms with Crippen molar-refractivity contribution in [3.8, 4) is 0 Å². The van der Waals surface area contributed by atoms with Crippen molar-refractivity contribution in [1.82, 2.24) is 4.98 Å². The number of benzene rings is 1. The van der Waals surface area contributed by atoms with Gasteiger partial charge in [0.1, 0.15) is 5.52 Å². The predicted octanol–water partition coefficient (Wildman–Crippen LogP) is 3.00. The zero-order chi connectivity index (χ0) is 20.1. The Balaban J connectivity index is 2.48. The third-order valence-electron chi connectivity index (χ3n) is 4.15. The first-order valence-electron chi connectivity index (χ1n) is 8.70. The fraction of sp³-hybridized carbons (Fsp3) is 0.421. The Labute approximate surface area is 156 Å². The number of nitro groups is 1. The van der Waals surface area contributed by atoms with Gasteiger partial charge in [-0.2, -0.15) is 0 Å². The largest absolute Gasteiger partial charge is 0.465 e. The molecule has 0 radical (unpaired) electrons. The highest BCUT2D eigenvalue weighted by atomic mass is 16.6. The second-order valence-electron chi connectivity index (χ2n) is 6.85. The first kappa shape index (κ1) is 20.3. The maximum absolute atomic E-state index is 12.6. The highest BCUT2D eigenvalue weighted by Gasteiger charge is 2.26. The van der Waals surface area contributed by atoms with Gasteiger partial charge in [-0.05, 0) is 30.9 Å². The number of hydrogen-bond acceptors (Lipinski definition) is 6. The molecule has 0 fully saturated rings. The van der Waals surface area contributed by atoms with Crippen LogP contribution in [0, 0.1) is 23.0 Å². The number of nitrogens with two attached hydrogens (primary N) is 1. The number of carbonyl (C=O) groups is 2. The van der Waals surface area contributed by atoms with E-state index >= 15 is 0 Å². The zero-order valence-corrected chi connectivity index (χ0v) is 15.6. The number of hydrogen-bond donors (Lipinski definition) is 1. The van der Waals surface area contributed by atoms with Crippen LogP contribution in [0.3, 0.4) is 0 Å². The number of amides is 1. The van der Waals surface area contributed by atoms with Crippen molar-refractivity contribution >= 4 is 28.5 Å². The molecule has 2 N–H and O–H groups in total. The van der Waals surface area contributed by atoms with E-state index in [2.05, 4.69) is 4.98 Å². The van der Waals surface area contributed by atoms with E-state index in [-0.39, 0.29) is 36.6 Å². The number of aryl methyl sites for hydroxylation is 1. The van der Waals surface area contributed by atoms with E-state index < -0.39 is 22.7 Å². The molecule has 1 atom stereocenters. The summed E-state index contributed by atoms with van der Waals surface area (Å²) in [5.41, 5.74) is 6.46. The molecule has 2 aromatic rings. The Morgan fingerprint density at radius 3 is 2.63 bits per heavy atom. The molecule has 27 heavy (non-hydrogen) atoms. The number of primary amides is 1. The van der Waals surface area contributed by atoms with Crippen molar-refractivity contribution in [2.24, 2.45) is 11.7 Å². The SMILES string of the molecule is Cc1nc2c([N+](=O)[O-])cccc2cc1C(CCC(N)=O)C(=O)OCC(C)C. The van der Waals surface area contributed by atoms with Gasteiger partial charge in [-0.1, -0.05) is 26.0 Å². The van der Waals surface area contributed by atoms with Crippen LogP contribution in [0.4, 0.5) is 5.69 Å². The van der Waals surface area contributed by atoms with E-state index in [4.69, 9.17) is 10.5 Å².